The number of hydrogen-bond donors (Lipinski definition) is 1. The lowest BCUT2D eigenvalue weighted by Crippen LogP contribution is -2.08. The van der Waals surface area contributed by atoms with Gasteiger partial charge in [0.25, 0.3) is 0 Å². The molecule has 120 valence electrons. The number of carbonyl (C=O) groups excluding carboxylic acids is 1. The van der Waals surface area contributed by atoms with Crippen molar-refractivity contribution in [3.63, 3.8) is 0 Å². The topological polar surface area (TPSA) is 80.7 Å². The molecule has 7 heteroatoms. The molecule has 0 fully saturated rings. The molecule has 1 N–H and O–H groups in total. The average molecular weight is 323 g/mol. The fourth-order valence-electron chi connectivity index (χ4n) is 2.19. The Balaban J connectivity index is 1.74. The highest BCUT2D eigenvalue weighted by atomic mass is 19.1. The van der Waals surface area contributed by atoms with E-state index in [0.717, 1.165) is 5.56 Å². The summed E-state index contributed by atoms with van der Waals surface area (Å²) in [6.07, 6.45) is 5.33. The lowest BCUT2D eigenvalue weighted by molar-refractivity contribution is 0.111. The standard InChI is InChI=1S/C17H14FN5O/c1-11(12-2-4-14(18)5-3-12)22-17-9-19-16(8-20-17)13-6-15(10-24)23-21-7-13/h2-11H,1H3,(H,20,22)/t11-/m1/s1. The van der Waals surface area contributed by atoms with Gasteiger partial charge in [-0.3, -0.25) is 9.78 Å². The summed E-state index contributed by atoms with van der Waals surface area (Å²) in [7, 11) is 0. The van der Waals surface area contributed by atoms with E-state index in [-0.39, 0.29) is 17.6 Å². The number of rotatable bonds is 5. The van der Waals surface area contributed by atoms with Crippen LogP contribution in [0.2, 0.25) is 0 Å². The van der Waals surface area contributed by atoms with E-state index in [1.54, 1.807) is 30.6 Å². The monoisotopic (exact) mass is 323 g/mol. The SMILES string of the molecule is C[C@@H](Nc1cnc(-c2cnnc(C=O)c2)cn1)c1ccc(F)cc1. The van der Waals surface area contributed by atoms with Crippen LogP contribution >= 0.6 is 0 Å². The molecule has 0 unspecified atom stereocenters. The van der Waals surface area contributed by atoms with Crippen molar-refractivity contribution >= 4 is 12.1 Å². The van der Waals surface area contributed by atoms with Gasteiger partial charge in [0, 0.05) is 11.6 Å². The van der Waals surface area contributed by atoms with Crippen LogP contribution in [0.1, 0.15) is 29.0 Å². The van der Waals surface area contributed by atoms with Crippen LogP contribution in [-0.2, 0) is 0 Å². The van der Waals surface area contributed by atoms with Crippen LogP contribution in [0.15, 0.2) is 48.9 Å². The van der Waals surface area contributed by atoms with E-state index < -0.39 is 0 Å². The van der Waals surface area contributed by atoms with Crippen LogP contribution < -0.4 is 5.32 Å². The molecule has 0 bridgehead atoms. The number of nitrogens with one attached hydrogen (secondary N) is 1. The van der Waals surface area contributed by atoms with Gasteiger partial charge in [-0.25, -0.2) is 9.37 Å². The van der Waals surface area contributed by atoms with Gasteiger partial charge in [0.15, 0.2) is 6.29 Å². The maximum absolute atomic E-state index is 13.0. The summed E-state index contributed by atoms with van der Waals surface area (Å²) in [6.45, 7) is 1.95. The molecule has 0 aliphatic heterocycles. The molecule has 3 aromatic rings. The minimum Gasteiger partial charge on any atom is -0.362 e. The second kappa shape index (κ2) is 6.91. The molecule has 0 aliphatic rings. The van der Waals surface area contributed by atoms with E-state index in [4.69, 9.17) is 0 Å². The third kappa shape index (κ3) is 3.57. The van der Waals surface area contributed by atoms with Crippen molar-refractivity contribution in [3.05, 3.63) is 66.0 Å². The lowest BCUT2D eigenvalue weighted by Gasteiger charge is -2.14. The van der Waals surface area contributed by atoms with Gasteiger partial charge in [-0.2, -0.15) is 5.10 Å². The van der Waals surface area contributed by atoms with Gasteiger partial charge < -0.3 is 5.32 Å². The summed E-state index contributed by atoms with van der Waals surface area (Å²) < 4.78 is 13.0. The minimum absolute atomic E-state index is 0.0463. The summed E-state index contributed by atoms with van der Waals surface area (Å²) >= 11 is 0. The zero-order valence-corrected chi connectivity index (χ0v) is 12.8. The molecule has 0 radical (unpaired) electrons. The number of benzene rings is 1. The Kier molecular flexibility index (Phi) is 4.51. The third-order valence-corrected chi connectivity index (χ3v) is 3.48. The van der Waals surface area contributed by atoms with Crippen LogP contribution in [0, 0.1) is 5.82 Å². The number of carbonyl (C=O) groups is 1. The Morgan fingerprint density at radius 2 is 1.92 bits per heavy atom. The molecule has 3 rings (SSSR count). The van der Waals surface area contributed by atoms with E-state index >= 15 is 0 Å². The van der Waals surface area contributed by atoms with E-state index in [0.29, 0.717) is 23.4 Å². The van der Waals surface area contributed by atoms with E-state index in [1.807, 2.05) is 6.92 Å². The minimum atomic E-state index is -0.268. The van der Waals surface area contributed by atoms with Crippen LogP contribution in [0.5, 0.6) is 0 Å². The van der Waals surface area contributed by atoms with Gasteiger partial charge in [0.2, 0.25) is 0 Å². The Hall–Kier alpha value is -3.22. The smallest absolute Gasteiger partial charge is 0.170 e. The molecule has 0 spiro atoms. The van der Waals surface area contributed by atoms with Gasteiger partial charge >= 0.3 is 0 Å². The van der Waals surface area contributed by atoms with Crippen molar-refractivity contribution in [2.45, 2.75) is 13.0 Å². The molecule has 6 nitrogen and oxygen atoms in total. The van der Waals surface area contributed by atoms with Crippen LogP contribution in [0.3, 0.4) is 0 Å². The van der Waals surface area contributed by atoms with Crippen molar-refractivity contribution in [1.29, 1.82) is 0 Å². The molecule has 1 aromatic carbocycles. The van der Waals surface area contributed by atoms with Gasteiger partial charge in [-0.1, -0.05) is 12.1 Å². The van der Waals surface area contributed by atoms with Crippen LogP contribution in [0.4, 0.5) is 10.2 Å². The lowest BCUT2D eigenvalue weighted by atomic mass is 10.1. The number of anilines is 1. The summed E-state index contributed by atoms with van der Waals surface area (Å²) in [5.74, 6) is 0.323. The number of aromatic nitrogens is 4. The quantitative estimate of drug-likeness (QED) is 0.727. The Labute approximate surface area is 137 Å². The maximum atomic E-state index is 13.0. The fourth-order valence-corrected chi connectivity index (χ4v) is 2.19. The number of hydrogen-bond acceptors (Lipinski definition) is 6. The summed E-state index contributed by atoms with van der Waals surface area (Å²) in [5, 5.41) is 10.6. The highest BCUT2D eigenvalue weighted by molar-refractivity contribution is 5.74. The first-order valence-corrected chi connectivity index (χ1v) is 7.28. The zero-order valence-electron chi connectivity index (χ0n) is 12.8. The summed E-state index contributed by atoms with van der Waals surface area (Å²) in [6, 6.07) is 7.83. The molecule has 0 saturated carbocycles. The Morgan fingerprint density at radius 3 is 2.58 bits per heavy atom. The molecule has 2 aromatic heterocycles. The normalized spacial score (nSPS) is 11.8. The average Bonchev–Trinajstić information content (AvgIpc) is 2.63. The first kappa shape index (κ1) is 15.7. The summed E-state index contributed by atoms with van der Waals surface area (Å²) in [4.78, 5) is 19.4. The van der Waals surface area contributed by atoms with Crippen molar-refractivity contribution in [1.82, 2.24) is 20.2 Å². The summed E-state index contributed by atoms with van der Waals surface area (Å²) in [5.41, 5.74) is 2.43. The van der Waals surface area contributed by atoms with Crippen molar-refractivity contribution in [2.75, 3.05) is 5.32 Å². The van der Waals surface area contributed by atoms with Crippen LogP contribution in [0.25, 0.3) is 11.3 Å². The number of halogens is 1. The van der Waals surface area contributed by atoms with Crippen molar-refractivity contribution in [3.8, 4) is 11.3 Å². The van der Waals surface area contributed by atoms with Gasteiger partial charge in [0.1, 0.15) is 17.3 Å². The van der Waals surface area contributed by atoms with Gasteiger partial charge in [-0.05, 0) is 30.7 Å². The highest BCUT2D eigenvalue weighted by Gasteiger charge is 2.08. The van der Waals surface area contributed by atoms with Crippen LogP contribution in [-0.4, -0.2) is 26.5 Å². The first-order valence-electron chi connectivity index (χ1n) is 7.28. The predicted octanol–water partition coefficient (Wildman–Crippen LogP) is 3.06. The molecule has 0 saturated heterocycles. The van der Waals surface area contributed by atoms with Crippen molar-refractivity contribution < 1.29 is 9.18 Å². The molecule has 0 aliphatic carbocycles. The Bertz CT molecular complexity index is 836. The maximum Gasteiger partial charge on any atom is 0.170 e. The molecule has 2 heterocycles. The van der Waals surface area contributed by atoms with E-state index in [9.17, 15) is 9.18 Å². The largest absolute Gasteiger partial charge is 0.362 e. The molecule has 24 heavy (non-hydrogen) atoms. The molecular formula is C17H14FN5O. The van der Waals surface area contributed by atoms with E-state index in [1.165, 1.54) is 18.3 Å². The molecular weight excluding hydrogens is 309 g/mol. The molecule has 0 amide bonds. The van der Waals surface area contributed by atoms with Gasteiger partial charge in [-0.15, -0.1) is 5.10 Å². The predicted molar refractivity (Wildman–Crippen MR) is 86.9 cm³/mol. The second-order valence-corrected chi connectivity index (χ2v) is 5.19. The Morgan fingerprint density at radius 1 is 1.12 bits per heavy atom. The fraction of sp³-hybridized carbons (Fsp3) is 0.118. The third-order valence-electron chi connectivity index (χ3n) is 3.48. The van der Waals surface area contributed by atoms with Gasteiger partial charge in [0.05, 0.1) is 24.3 Å². The molecule has 1 atom stereocenters. The first-order chi connectivity index (χ1) is 11.7. The van der Waals surface area contributed by atoms with Crippen molar-refractivity contribution in [2.24, 2.45) is 0 Å². The second-order valence-electron chi connectivity index (χ2n) is 5.19. The number of nitrogens with zero attached hydrogens (tertiary/aromatic N) is 4. The number of aldehydes is 1. The highest BCUT2D eigenvalue weighted by Crippen LogP contribution is 2.20. The van der Waals surface area contributed by atoms with E-state index in [2.05, 4.69) is 25.5 Å². The zero-order chi connectivity index (χ0) is 16.9.